The lowest BCUT2D eigenvalue weighted by Crippen LogP contribution is -2.42. The Morgan fingerprint density at radius 2 is 1.75 bits per heavy atom. The Kier molecular flexibility index (Phi) is 7.10. The molecule has 0 aliphatic heterocycles. The van der Waals surface area contributed by atoms with Crippen LogP contribution in [0.2, 0.25) is 0 Å². The number of thiocarbonyl (C=S) groups is 1. The quantitative estimate of drug-likeness (QED) is 0.391. The number of aromatic nitrogens is 2. The van der Waals surface area contributed by atoms with Crippen molar-refractivity contribution in [3.63, 3.8) is 0 Å². The fraction of sp³-hybridized carbons (Fsp3) is 0.375. The number of hydrogen-bond acceptors (Lipinski definition) is 5. The van der Waals surface area contributed by atoms with E-state index in [4.69, 9.17) is 22.2 Å². The summed E-state index contributed by atoms with van der Waals surface area (Å²) in [5.41, 5.74) is 3.15. The van der Waals surface area contributed by atoms with Gasteiger partial charge in [0.1, 0.15) is 5.82 Å². The number of para-hydroxylation sites is 1. The van der Waals surface area contributed by atoms with Crippen molar-refractivity contribution in [3.8, 4) is 0 Å². The van der Waals surface area contributed by atoms with Gasteiger partial charge in [0.25, 0.3) is 0 Å². The lowest BCUT2D eigenvalue weighted by molar-refractivity contribution is 0.387. The Morgan fingerprint density at radius 3 is 2.47 bits per heavy atom. The zero-order valence-corrected chi connectivity index (χ0v) is 21.1. The number of rotatable bonds is 5. The molecule has 3 N–H and O–H groups in total. The maximum absolute atomic E-state index is 5.55. The summed E-state index contributed by atoms with van der Waals surface area (Å²) in [6.45, 7) is 2.07. The van der Waals surface area contributed by atoms with E-state index in [0.29, 0.717) is 23.1 Å². The molecule has 0 amide bonds. The van der Waals surface area contributed by atoms with Crippen LogP contribution in [0.1, 0.15) is 31.2 Å². The van der Waals surface area contributed by atoms with Gasteiger partial charge in [0.05, 0.1) is 5.52 Å². The number of nitrogens with one attached hydrogen (secondary N) is 3. The first-order valence-electron chi connectivity index (χ1n) is 10.9. The first-order chi connectivity index (χ1) is 15.4. The molecule has 8 heteroatoms. The zero-order chi connectivity index (χ0) is 22.7. The van der Waals surface area contributed by atoms with Gasteiger partial charge in [0.15, 0.2) is 5.11 Å². The molecular weight excluding hydrogens is 484 g/mol. The van der Waals surface area contributed by atoms with E-state index >= 15 is 0 Å². The van der Waals surface area contributed by atoms with Crippen LogP contribution in [-0.4, -0.2) is 41.3 Å². The Labute approximate surface area is 203 Å². The van der Waals surface area contributed by atoms with Crippen LogP contribution in [0.5, 0.6) is 0 Å². The van der Waals surface area contributed by atoms with E-state index in [1.54, 1.807) is 0 Å². The summed E-state index contributed by atoms with van der Waals surface area (Å²) in [5.74, 6) is 1.64. The molecule has 1 saturated carbocycles. The molecule has 3 aromatic rings. The van der Waals surface area contributed by atoms with Gasteiger partial charge in [-0.05, 0) is 80.7 Å². The van der Waals surface area contributed by atoms with Gasteiger partial charge >= 0.3 is 0 Å². The van der Waals surface area contributed by atoms with Gasteiger partial charge in [-0.2, -0.15) is 4.98 Å². The lowest BCUT2D eigenvalue weighted by Gasteiger charge is -2.30. The number of halogens is 1. The van der Waals surface area contributed by atoms with Gasteiger partial charge < -0.3 is 20.9 Å². The highest BCUT2D eigenvalue weighted by molar-refractivity contribution is 9.10. The number of fused-ring (bicyclic) bond motifs is 1. The van der Waals surface area contributed by atoms with Crippen molar-refractivity contribution < 1.29 is 0 Å². The highest BCUT2D eigenvalue weighted by atomic mass is 79.9. The molecule has 1 aromatic heterocycles. The van der Waals surface area contributed by atoms with E-state index < -0.39 is 0 Å². The number of aryl methyl sites for hydroxylation is 1. The fourth-order valence-electron chi connectivity index (χ4n) is 4.14. The topological polar surface area (TPSA) is 65.1 Å². The summed E-state index contributed by atoms with van der Waals surface area (Å²) in [5, 5.41) is 12.1. The van der Waals surface area contributed by atoms with Crippen LogP contribution in [0.15, 0.2) is 46.9 Å². The highest BCUT2D eigenvalue weighted by Gasteiger charge is 2.23. The molecule has 0 radical (unpaired) electrons. The Bertz CT molecular complexity index is 1110. The molecule has 6 nitrogen and oxygen atoms in total. The summed E-state index contributed by atoms with van der Waals surface area (Å²) in [6.07, 6.45) is 4.19. The SMILES string of the molecule is Cc1cc(Br)ccc1NC(=S)NC1CCC(Nc2nc(N(C)C)c3ccccc3n2)CC1. The summed E-state index contributed by atoms with van der Waals surface area (Å²) < 4.78 is 1.07. The molecule has 1 aliphatic rings. The average Bonchev–Trinajstić information content (AvgIpc) is 2.76. The smallest absolute Gasteiger partial charge is 0.225 e. The number of nitrogens with zero attached hydrogens (tertiary/aromatic N) is 3. The summed E-state index contributed by atoms with van der Waals surface area (Å²) in [7, 11) is 4.03. The molecule has 1 heterocycles. The molecule has 0 bridgehead atoms. The van der Waals surface area contributed by atoms with Gasteiger partial charge in [-0.25, -0.2) is 4.98 Å². The zero-order valence-electron chi connectivity index (χ0n) is 18.7. The van der Waals surface area contributed by atoms with E-state index in [0.717, 1.165) is 58.1 Å². The minimum absolute atomic E-state index is 0.361. The maximum Gasteiger partial charge on any atom is 0.225 e. The largest absolute Gasteiger partial charge is 0.362 e. The normalized spacial score (nSPS) is 18.2. The lowest BCUT2D eigenvalue weighted by atomic mass is 9.91. The summed E-state index contributed by atoms with van der Waals surface area (Å²) >= 11 is 9.05. The van der Waals surface area contributed by atoms with Crippen molar-refractivity contribution in [3.05, 3.63) is 52.5 Å². The molecule has 4 rings (SSSR count). The first-order valence-corrected chi connectivity index (χ1v) is 12.1. The van der Waals surface area contributed by atoms with Gasteiger partial charge in [-0.1, -0.05) is 28.1 Å². The van der Waals surface area contributed by atoms with Crippen molar-refractivity contribution in [2.75, 3.05) is 29.6 Å². The molecule has 0 atom stereocenters. The van der Waals surface area contributed by atoms with Gasteiger partial charge in [0.2, 0.25) is 5.95 Å². The summed E-state index contributed by atoms with van der Waals surface area (Å²) in [6, 6.07) is 15.0. The van der Waals surface area contributed by atoms with Crippen LogP contribution in [0, 0.1) is 6.92 Å². The third-order valence-corrected chi connectivity index (χ3v) is 6.55. The predicted molar refractivity (Wildman–Crippen MR) is 142 cm³/mol. The van der Waals surface area contributed by atoms with Crippen LogP contribution in [0.4, 0.5) is 17.5 Å². The Balaban J connectivity index is 1.32. The standard InChI is InChI=1S/C24H29BrN6S/c1-15-14-16(25)8-13-20(15)29-24(32)27-18-11-9-17(10-12-18)26-23-28-21-7-5-4-6-19(21)22(30-23)31(2)3/h4-8,13-14,17-18H,9-12H2,1-3H3,(H,26,28,30)(H2,27,29,32). The van der Waals surface area contributed by atoms with E-state index in [1.807, 2.05) is 49.3 Å². The Morgan fingerprint density at radius 1 is 1.03 bits per heavy atom. The molecule has 2 aromatic carbocycles. The second kappa shape index (κ2) is 10.0. The van der Waals surface area contributed by atoms with Crippen molar-refractivity contribution in [1.82, 2.24) is 15.3 Å². The average molecular weight is 514 g/mol. The first kappa shape index (κ1) is 22.7. The third-order valence-electron chi connectivity index (χ3n) is 5.84. The molecule has 0 unspecified atom stereocenters. The van der Waals surface area contributed by atoms with E-state index in [-0.39, 0.29) is 0 Å². The number of hydrogen-bond donors (Lipinski definition) is 3. The second-order valence-electron chi connectivity index (χ2n) is 8.53. The van der Waals surface area contributed by atoms with Crippen molar-refractivity contribution in [1.29, 1.82) is 0 Å². The molecule has 32 heavy (non-hydrogen) atoms. The third kappa shape index (κ3) is 5.48. The van der Waals surface area contributed by atoms with Gasteiger partial charge in [-0.15, -0.1) is 0 Å². The van der Waals surface area contributed by atoms with E-state index in [9.17, 15) is 0 Å². The molecule has 0 spiro atoms. The van der Waals surface area contributed by atoms with Crippen LogP contribution < -0.4 is 20.9 Å². The molecule has 1 fully saturated rings. The second-order valence-corrected chi connectivity index (χ2v) is 9.86. The van der Waals surface area contributed by atoms with Gasteiger partial charge in [0, 0.05) is 41.7 Å². The van der Waals surface area contributed by atoms with E-state index in [1.165, 1.54) is 0 Å². The highest BCUT2D eigenvalue weighted by Crippen LogP contribution is 2.26. The molecule has 1 aliphatic carbocycles. The van der Waals surface area contributed by atoms with Crippen LogP contribution >= 0.6 is 28.1 Å². The fourth-order valence-corrected chi connectivity index (χ4v) is 4.89. The van der Waals surface area contributed by atoms with Crippen LogP contribution in [0.25, 0.3) is 10.9 Å². The van der Waals surface area contributed by atoms with Crippen LogP contribution in [-0.2, 0) is 0 Å². The van der Waals surface area contributed by atoms with Gasteiger partial charge in [-0.3, -0.25) is 0 Å². The predicted octanol–water partition coefficient (Wildman–Crippen LogP) is 5.48. The number of anilines is 3. The monoisotopic (exact) mass is 512 g/mol. The van der Waals surface area contributed by atoms with E-state index in [2.05, 4.69) is 50.9 Å². The minimum Gasteiger partial charge on any atom is -0.362 e. The minimum atomic E-state index is 0.361. The van der Waals surface area contributed by atoms with Crippen molar-refractivity contribution in [2.45, 2.75) is 44.7 Å². The molecule has 0 saturated heterocycles. The van der Waals surface area contributed by atoms with Crippen molar-refractivity contribution >= 4 is 61.6 Å². The maximum atomic E-state index is 5.55. The van der Waals surface area contributed by atoms with Crippen molar-refractivity contribution in [2.24, 2.45) is 0 Å². The molecule has 168 valence electrons. The summed E-state index contributed by atoms with van der Waals surface area (Å²) in [4.78, 5) is 11.6. The van der Waals surface area contributed by atoms with Crippen LogP contribution in [0.3, 0.4) is 0 Å². The molecular formula is C24H29BrN6S. The Hall–Kier alpha value is -2.45. The number of benzene rings is 2.